The van der Waals surface area contributed by atoms with Crippen molar-refractivity contribution >= 4 is 11.8 Å². The predicted molar refractivity (Wildman–Crippen MR) is 65.3 cm³/mol. The Bertz CT molecular complexity index is 476. The topological polar surface area (TPSA) is 72.8 Å². The zero-order valence-electron chi connectivity index (χ0n) is 10.2. The van der Waals surface area contributed by atoms with E-state index in [9.17, 15) is 9.59 Å². The lowest BCUT2D eigenvalue weighted by atomic mass is 10.1. The van der Waals surface area contributed by atoms with Gasteiger partial charge < -0.3 is 14.6 Å². The van der Waals surface area contributed by atoms with Gasteiger partial charge in [-0.05, 0) is 31.2 Å². The van der Waals surface area contributed by atoms with Crippen LogP contribution in [0.3, 0.4) is 0 Å². The molecule has 18 heavy (non-hydrogen) atoms. The number of benzene rings is 1. The molecule has 1 N–H and O–H groups in total. The highest BCUT2D eigenvalue weighted by Gasteiger charge is 2.09. The molecule has 0 unspecified atom stereocenters. The molecule has 5 heteroatoms. The zero-order valence-corrected chi connectivity index (χ0v) is 10.2. The number of hydrogen-bond donors (Lipinski definition) is 1. The summed E-state index contributed by atoms with van der Waals surface area (Å²) in [5, 5.41) is 8.45. The van der Waals surface area contributed by atoms with Crippen molar-refractivity contribution in [3.63, 3.8) is 0 Å². The largest absolute Gasteiger partial charge is 0.493 e. The van der Waals surface area contributed by atoms with Crippen LogP contribution >= 0.6 is 0 Å². The van der Waals surface area contributed by atoms with E-state index in [0.717, 1.165) is 12.2 Å². The van der Waals surface area contributed by atoms with Gasteiger partial charge in [0.15, 0.2) is 17.3 Å². The minimum atomic E-state index is -1.16. The van der Waals surface area contributed by atoms with E-state index in [4.69, 9.17) is 14.6 Å². The number of carbonyl (C=O) groups is 2. The summed E-state index contributed by atoms with van der Waals surface area (Å²) in [6.45, 7) is 2.26. The number of carbonyl (C=O) groups excluding carboxylic acids is 1. The van der Waals surface area contributed by atoms with E-state index in [-0.39, 0.29) is 0 Å². The molecule has 0 saturated carbocycles. The van der Waals surface area contributed by atoms with Gasteiger partial charge in [-0.2, -0.15) is 0 Å². The molecule has 1 aromatic rings. The van der Waals surface area contributed by atoms with Gasteiger partial charge in [0.1, 0.15) is 0 Å². The van der Waals surface area contributed by atoms with Crippen LogP contribution in [0.15, 0.2) is 30.4 Å². The molecule has 0 aliphatic rings. The Morgan fingerprint density at radius 2 is 2.00 bits per heavy atom. The van der Waals surface area contributed by atoms with Gasteiger partial charge in [-0.3, -0.25) is 4.79 Å². The molecule has 0 aliphatic heterocycles. The van der Waals surface area contributed by atoms with Crippen LogP contribution in [-0.4, -0.2) is 30.6 Å². The van der Waals surface area contributed by atoms with Crippen LogP contribution in [0.5, 0.6) is 11.5 Å². The van der Waals surface area contributed by atoms with Crippen molar-refractivity contribution in [1.29, 1.82) is 0 Å². The van der Waals surface area contributed by atoms with Crippen molar-refractivity contribution in [2.45, 2.75) is 6.92 Å². The van der Waals surface area contributed by atoms with Crippen LogP contribution in [0.4, 0.5) is 0 Å². The third-order valence-electron chi connectivity index (χ3n) is 2.13. The van der Waals surface area contributed by atoms with Gasteiger partial charge in [0, 0.05) is 11.6 Å². The van der Waals surface area contributed by atoms with Gasteiger partial charge in [0.2, 0.25) is 0 Å². The van der Waals surface area contributed by atoms with Crippen molar-refractivity contribution in [3.8, 4) is 11.5 Å². The summed E-state index contributed by atoms with van der Waals surface area (Å²) in [5.74, 6) is -0.590. The molecular weight excluding hydrogens is 236 g/mol. The molecule has 0 fully saturated rings. The fourth-order valence-corrected chi connectivity index (χ4v) is 1.34. The normalized spacial score (nSPS) is 10.3. The van der Waals surface area contributed by atoms with E-state index in [0.29, 0.717) is 23.7 Å². The first-order valence-corrected chi connectivity index (χ1v) is 5.34. The standard InChI is InChI=1S/C13H14O5/c1-3-18-12-8-9(4-6-11(12)17-2)10(14)5-7-13(15)16/h4-8H,3H2,1-2H3,(H,15,16)/b7-5+. The van der Waals surface area contributed by atoms with Crippen LogP contribution in [0.2, 0.25) is 0 Å². The second-order valence-electron chi connectivity index (χ2n) is 3.33. The Balaban J connectivity index is 3.00. The fourth-order valence-electron chi connectivity index (χ4n) is 1.34. The number of hydrogen-bond acceptors (Lipinski definition) is 4. The third-order valence-corrected chi connectivity index (χ3v) is 2.13. The highest BCUT2D eigenvalue weighted by atomic mass is 16.5. The monoisotopic (exact) mass is 250 g/mol. The van der Waals surface area contributed by atoms with Crippen molar-refractivity contribution in [2.24, 2.45) is 0 Å². The average molecular weight is 250 g/mol. The number of carboxylic acids is 1. The summed E-state index contributed by atoms with van der Waals surface area (Å²) in [5.41, 5.74) is 0.344. The van der Waals surface area contributed by atoms with Gasteiger partial charge in [0.25, 0.3) is 0 Å². The smallest absolute Gasteiger partial charge is 0.328 e. The summed E-state index contributed by atoms with van der Waals surface area (Å²) in [7, 11) is 1.50. The highest BCUT2D eigenvalue weighted by molar-refractivity contribution is 6.07. The summed E-state index contributed by atoms with van der Waals surface area (Å²) in [4.78, 5) is 22.0. The minimum absolute atomic E-state index is 0.344. The number of ether oxygens (including phenoxy) is 2. The number of ketones is 1. The Morgan fingerprint density at radius 1 is 1.28 bits per heavy atom. The predicted octanol–water partition coefficient (Wildman–Crippen LogP) is 1.92. The first-order chi connectivity index (χ1) is 8.58. The lowest BCUT2D eigenvalue weighted by molar-refractivity contribution is -0.131. The van der Waals surface area contributed by atoms with Gasteiger partial charge >= 0.3 is 5.97 Å². The molecule has 1 rings (SSSR count). The number of allylic oxidation sites excluding steroid dienone is 1. The molecule has 0 atom stereocenters. The molecule has 0 bridgehead atoms. The first kappa shape index (κ1) is 13.8. The fraction of sp³-hybridized carbons (Fsp3) is 0.231. The molecule has 0 spiro atoms. The summed E-state index contributed by atoms with van der Waals surface area (Å²) in [6, 6.07) is 4.68. The van der Waals surface area contributed by atoms with Gasteiger partial charge in [0.05, 0.1) is 13.7 Å². The average Bonchev–Trinajstić information content (AvgIpc) is 2.36. The van der Waals surface area contributed by atoms with E-state index >= 15 is 0 Å². The molecule has 0 heterocycles. The zero-order chi connectivity index (χ0) is 13.5. The molecule has 0 radical (unpaired) electrons. The highest BCUT2D eigenvalue weighted by Crippen LogP contribution is 2.28. The maximum absolute atomic E-state index is 11.7. The molecule has 5 nitrogen and oxygen atoms in total. The molecular formula is C13H14O5. The van der Waals surface area contributed by atoms with Crippen molar-refractivity contribution in [2.75, 3.05) is 13.7 Å². The van der Waals surface area contributed by atoms with Gasteiger partial charge in [-0.1, -0.05) is 0 Å². The Morgan fingerprint density at radius 3 is 2.56 bits per heavy atom. The van der Waals surface area contributed by atoms with Crippen LogP contribution < -0.4 is 9.47 Å². The minimum Gasteiger partial charge on any atom is -0.493 e. The second kappa shape index (κ2) is 6.44. The molecule has 0 amide bonds. The van der Waals surface area contributed by atoms with E-state index in [2.05, 4.69) is 0 Å². The maximum atomic E-state index is 11.7. The first-order valence-electron chi connectivity index (χ1n) is 5.34. The maximum Gasteiger partial charge on any atom is 0.328 e. The summed E-state index contributed by atoms with van der Waals surface area (Å²) >= 11 is 0. The van der Waals surface area contributed by atoms with Crippen molar-refractivity contribution in [3.05, 3.63) is 35.9 Å². The number of rotatable bonds is 6. The van der Waals surface area contributed by atoms with E-state index in [1.54, 1.807) is 12.1 Å². The third kappa shape index (κ3) is 3.62. The van der Waals surface area contributed by atoms with E-state index in [1.807, 2.05) is 6.92 Å². The SMILES string of the molecule is CCOc1cc(C(=O)/C=C/C(=O)O)ccc1OC. The van der Waals surface area contributed by atoms with Crippen LogP contribution in [0.1, 0.15) is 17.3 Å². The molecule has 0 aromatic heterocycles. The van der Waals surface area contributed by atoms with Crippen LogP contribution in [0.25, 0.3) is 0 Å². The number of carboxylic acid groups (broad SMARTS) is 1. The Kier molecular flexibility index (Phi) is 4.92. The van der Waals surface area contributed by atoms with E-state index in [1.165, 1.54) is 13.2 Å². The number of methoxy groups -OCH3 is 1. The molecule has 0 aliphatic carbocycles. The Hall–Kier alpha value is -2.30. The lowest BCUT2D eigenvalue weighted by Crippen LogP contribution is -2.00. The van der Waals surface area contributed by atoms with Crippen LogP contribution in [-0.2, 0) is 4.79 Å². The van der Waals surface area contributed by atoms with Crippen molar-refractivity contribution < 1.29 is 24.2 Å². The van der Waals surface area contributed by atoms with Gasteiger partial charge in [-0.25, -0.2) is 4.79 Å². The second-order valence-corrected chi connectivity index (χ2v) is 3.33. The quantitative estimate of drug-likeness (QED) is 0.616. The molecule has 96 valence electrons. The van der Waals surface area contributed by atoms with E-state index < -0.39 is 11.8 Å². The number of aliphatic carboxylic acids is 1. The van der Waals surface area contributed by atoms with Crippen molar-refractivity contribution in [1.82, 2.24) is 0 Å². The van der Waals surface area contributed by atoms with Gasteiger partial charge in [-0.15, -0.1) is 0 Å². The Labute approximate surface area is 105 Å². The molecule has 0 saturated heterocycles. The summed E-state index contributed by atoms with van der Waals surface area (Å²) in [6.07, 6.45) is 1.80. The summed E-state index contributed by atoms with van der Waals surface area (Å²) < 4.78 is 10.4. The van der Waals surface area contributed by atoms with Crippen LogP contribution in [0, 0.1) is 0 Å². The lowest BCUT2D eigenvalue weighted by Gasteiger charge is -2.09. The molecule has 1 aromatic carbocycles.